The number of ether oxygens (including phenoxy) is 2. The molecule has 2 rings (SSSR count). The van der Waals surface area contributed by atoms with Gasteiger partial charge in [0.15, 0.2) is 0 Å². The second kappa shape index (κ2) is 6.41. The summed E-state index contributed by atoms with van der Waals surface area (Å²) in [6.45, 7) is 0. The summed E-state index contributed by atoms with van der Waals surface area (Å²) in [6, 6.07) is 6.98. The lowest BCUT2D eigenvalue weighted by Gasteiger charge is -2.12. The third-order valence-electron chi connectivity index (χ3n) is 2.67. The highest BCUT2D eigenvalue weighted by atomic mass is 35.5. The molecular weight excluding hydrogens is 299 g/mol. The first kappa shape index (κ1) is 15.1. The van der Waals surface area contributed by atoms with Gasteiger partial charge in [0.25, 0.3) is 5.91 Å². The molecular formula is C14H12ClFN2O3. The van der Waals surface area contributed by atoms with E-state index in [0.29, 0.717) is 22.2 Å². The van der Waals surface area contributed by atoms with E-state index >= 15 is 0 Å². The lowest BCUT2D eigenvalue weighted by Crippen LogP contribution is -2.15. The smallest absolute Gasteiger partial charge is 0.274 e. The lowest BCUT2D eigenvalue weighted by molar-refractivity contribution is 0.102. The van der Waals surface area contributed by atoms with Crippen molar-refractivity contribution in [3.63, 3.8) is 0 Å². The minimum Gasteiger partial charge on any atom is -0.495 e. The average molecular weight is 311 g/mol. The van der Waals surface area contributed by atoms with Gasteiger partial charge < -0.3 is 14.8 Å². The Labute approximate surface area is 125 Å². The molecule has 21 heavy (non-hydrogen) atoms. The number of carbonyl (C=O) groups is 1. The summed E-state index contributed by atoms with van der Waals surface area (Å²) >= 11 is 5.97. The second-order valence-corrected chi connectivity index (χ2v) is 4.39. The van der Waals surface area contributed by atoms with Gasteiger partial charge in [0.2, 0.25) is 5.95 Å². The fourth-order valence-electron chi connectivity index (χ4n) is 1.68. The zero-order chi connectivity index (χ0) is 15.4. The molecule has 0 saturated carbocycles. The summed E-state index contributed by atoms with van der Waals surface area (Å²) in [5.41, 5.74) is 0.292. The van der Waals surface area contributed by atoms with Crippen molar-refractivity contribution in [1.29, 1.82) is 0 Å². The van der Waals surface area contributed by atoms with Crippen molar-refractivity contribution in [3.05, 3.63) is 47.0 Å². The van der Waals surface area contributed by atoms with Crippen LogP contribution in [0.5, 0.6) is 11.5 Å². The summed E-state index contributed by atoms with van der Waals surface area (Å²) in [7, 11) is 2.89. The molecule has 0 aliphatic carbocycles. The lowest BCUT2D eigenvalue weighted by atomic mass is 10.2. The number of carbonyl (C=O) groups excluding carboxylic acids is 1. The Balaban J connectivity index is 2.32. The molecule has 0 aliphatic rings. The molecule has 1 amide bonds. The van der Waals surface area contributed by atoms with E-state index in [0.717, 1.165) is 6.07 Å². The molecule has 0 saturated heterocycles. The van der Waals surface area contributed by atoms with Crippen LogP contribution in [0.3, 0.4) is 0 Å². The van der Waals surface area contributed by atoms with Crippen LogP contribution in [-0.4, -0.2) is 25.1 Å². The van der Waals surface area contributed by atoms with E-state index in [2.05, 4.69) is 10.3 Å². The van der Waals surface area contributed by atoms with Crippen LogP contribution in [0.25, 0.3) is 0 Å². The fraction of sp³-hybridized carbons (Fsp3) is 0.143. The average Bonchev–Trinajstić information content (AvgIpc) is 2.48. The molecule has 0 atom stereocenters. The van der Waals surface area contributed by atoms with Crippen LogP contribution in [0.15, 0.2) is 30.3 Å². The maximum atomic E-state index is 13.0. The van der Waals surface area contributed by atoms with E-state index in [9.17, 15) is 9.18 Å². The Hall–Kier alpha value is -2.34. The molecule has 2 aromatic rings. The van der Waals surface area contributed by atoms with E-state index in [1.165, 1.54) is 38.5 Å². The van der Waals surface area contributed by atoms with Crippen LogP contribution in [0.2, 0.25) is 5.02 Å². The number of pyridine rings is 1. The Morgan fingerprint density at radius 1 is 1.24 bits per heavy atom. The predicted molar refractivity (Wildman–Crippen MR) is 76.7 cm³/mol. The number of aromatic nitrogens is 1. The first-order chi connectivity index (χ1) is 10.0. The largest absolute Gasteiger partial charge is 0.495 e. The summed E-state index contributed by atoms with van der Waals surface area (Å²) in [4.78, 5) is 15.6. The topological polar surface area (TPSA) is 60.5 Å². The highest BCUT2D eigenvalue weighted by Crippen LogP contribution is 2.35. The number of hydrogen-bond donors (Lipinski definition) is 1. The minimum atomic E-state index is -0.733. The number of amides is 1. The Morgan fingerprint density at radius 3 is 2.57 bits per heavy atom. The van der Waals surface area contributed by atoms with Crippen molar-refractivity contribution < 1.29 is 18.7 Å². The van der Waals surface area contributed by atoms with Gasteiger partial charge in [-0.1, -0.05) is 17.7 Å². The third-order valence-corrected chi connectivity index (χ3v) is 2.97. The first-order valence-electron chi connectivity index (χ1n) is 5.90. The van der Waals surface area contributed by atoms with E-state index < -0.39 is 11.9 Å². The molecule has 5 nitrogen and oxygen atoms in total. The molecule has 1 aromatic carbocycles. The maximum absolute atomic E-state index is 13.0. The van der Waals surface area contributed by atoms with Crippen molar-refractivity contribution in [3.8, 4) is 11.5 Å². The van der Waals surface area contributed by atoms with Crippen molar-refractivity contribution in [2.45, 2.75) is 0 Å². The maximum Gasteiger partial charge on any atom is 0.274 e. The Kier molecular flexibility index (Phi) is 4.59. The number of nitrogens with zero attached hydrogens (tertiary/aromatic N) is 1. The zero-order valence-corrected chi connectivity index (χ0v) is 12.1. The monoisotopic (exact) mass is 310 g/mol. The first-order valence-corrected chi connectivity index (χ1v) is 6.28. The van der Waals surface area contributed by atoms with Gasteiger partial charge in [-0.2, -0.15) is 4.39 Å². The van der Waals surface area contributed by atoms with Crippen molar-refractivity contribution in [1.82, 2.24) is 4.98 Å². The summed E-state index contributed by atoms with van der Waals surface area (Å²) in [5, 5.41) is 2.92. The van der Waals surface area contributed by atoms with E-state index in [1.54, 1.807) is 0 Å². The van der Waals surface area contributed by atoms with Gasteiger partial charge in [-0.3, -0.25) is 4.79 Å². The minimum absolute atomic E-state index is 0.0500. The van der Waals surface area contributed by atoms with Crippen LogP contribution < -0.4 is 14.8 Å². The van der Waals surface area contributed by atoms with Crippen molar-refractivity contribution in [2.75, 3.05) is 19.5 Å². The number of anilines is 1. The highest BCUT2D eigenvalue weighted by Gasteiger charge is 2.14. The van der Waals surface area contributed by atoms with Gasteiger partial charge >= 0.3 is 0 Å². The molecule has 0 aliphatic heterocycles. The molecule has 110 valence electrons. The third kappa shape index (κ3) is 3.41. The Morgan fingerprint density at radius 2 is 1.95 bits per heavy atom. The normalized spacial score (nSPS) is 10.1. The van der Waals surface area contributed by atoms with Gasteiger partial charge in [0, 0.05) is 12.1 Å². The van der Waals surface area contributed by atoms with Crippen molar-refractivity contribution >= 4 is 23.2 Å². The van der Waals surface area contributed by atoms with Crippen LogP contribution in [0, 0.1) is 5.95 Å². The highest BCUT2D eigenvalue weighted by molar-refractivity contribution is 6.32. The summed E-state index contributed by atoms with van der Waals surface area (Å²) in [5.74, 6) is -0.578. The van der Waals surface area contributed by atoms with Crippen LogP contribution in [-0.2, 0) is 0 Å². The van der Waals surface area contributed by atoms with Gasteiger partial charge in [-0.25, -0.2) is 4.98 Å². The molecule has 1 N–H and O–H groups in total. The van der Waals surface area contributed by atoms with E-state index in [1.807, 2.05) is 0 Å². The molecule has 7 heteroatoms. The molecule has 0 spiro atoms. The quantitative estimate of drug-likeness (QED) is 0.881. The van der Waals surface area contributed by atoms with Gasteiger partial charge in [0.05, 0.1) is 24.9 Å². The number of halogens is 2. The fourth-order valence-corrected chi connectivity index (χ4v) is 1.91. The van der Waals surface area contributed by atoms with Crippen LogP contribution in [0.1, 0.15) is 10.5 Å². The molecule has 0 fully saturated rings. The molecule has 1 heterocycles. The number of nitrogens with one attached hydrogen (secondary N) is 1. The number of methoxy groups -OCH3 is 2. The zero-order valence-electron chi connectivity index (χ0n) is 11.3. The van der Waals surface area contributed by atoms with Gasteiger partial charge in [-0.05, 0) is 12.1 Å². The summed E-state index contributed by atoms with van der Waals surface area (Å²) < 4.78 is 23.2. The predicted octanol–water partition coefficient (Wildman–Crippen LogP) is 3.14. The van der Waals surface area contributed by atoms with E-state index in [-0.39, 0.29) is 5.69 Å². The summed E-state index contributed by atoms with van der Waals surface area (Å²) in [6.07, 6.45) is 0. The SMILES string of the molecule is COc1cc(NC(=O)c2cccc(F)n2)c(OC)cc1Cl. The molecule has 0 unspecified atom stereocenters. The second-order valence-electron chi connectivity index (χ2n) is 3.99. The standard InChI is InChI=1S/C14H12ClFN2O3/c1-20-11-7-10(12(21-2)6-8(11)15)18-14(19)9-4-3-5-13(16)17-9/h3-7H,1-2H3,(H,18,19). The molecule has 0 bridgehead atoms. The molecule has 1 aromatic heterocycles. The number of benzene rings is 1. The van der Waals surface area contributed by atoms with Gasteiger partial charge in [0.1, 0.15) is 17.2 Å². The van der Waals surface area contributed by atoms with Crippen LogP contribution in [0.4, 0.5) is 10.1 Å². The Bertz CT molecular complexity index is 679. The van der Waals surface area contributed by atoms with Gasteiger partial charge in [-0.15, -0.1) is 0 Å². The van der Waals surface area contributed by atoms with Crippen LogP contribution >= 0.6 is 11.6 Å². The number of hydrogen-bond acceptors (Lipinski definition) is 4. The molecule has 0 radical (unpaired) electrons. The van der Waals surface area contributed by atoms with E-state index in [4.69, 9.17) is 21.1 Å². The number of rotatable bonds is 4. The van der Waals surface area contributed by atoms with Crippen molar-refractivity contribution in [2.24, 2.45) is 0 Å².